The summed E-state index contributed by atoms with van der Waals surface area (Å²) in [6.45, 7) is 4.38. The predicted octanol–water partition coefficient (Wildman–Crippen LogP) is 2.03. The average molecular weight is 223 g/mol. The highest BCUT2D eigenvalue weighted by atomic mass is 16.5. The van der Waals surface area contributed by atoms with Gasteiger partial charge in [0.1, 0.15) is 11.4 Å². The van der Waals surface area contributed by atoms with Crippen molar-refractivity contribution in [3.63, 3.8) is 0 Å². The van der Waals surface area contributed by atoms with Crippen LogP contribution in [-0.4, -0.2) is 12.1 Å². The van der Waals surface area contributed by atoms with Crippen LogP contribution in [0, 0.1) is 5.92 Å². The third-order valence-electron chi connectivity index (χ3n) is 2.89. The number of hydrogen-bond acceptors (Lipinski definition) is 4. The molecule has 0 spiro atoms. The van der Waals surface area contributed by atoms with E-state index in [1.54, 1.807) is 13.3 Å². The summed E-state index contributed by atoms with van der Waals surface area (Å²) in [6, 6.07) is 3.81. The third-order valence-corrected chi connectivity index (χ3v) is 2.89. The lowest BCUT2D eigenvalue weighted by Crippen LogP contribution is -2.30. The smallest absolute Gasteiger partial charge is 0.142 e. The molecule has 0 amide bonds. The van der Waals surface area contributed by atoms with E-state index in [2.05, 4.69) is 24.3 Å². The Labute approximate surface area is 97.2 Å². The summed E-state index contributed by atoms with van der Waals surface area (Å²) in [5, 5.41) is 0. The van der Waals surface area contributed by atoms with Crippen molar-refractivity contribution in [2.45, 2.75) is 32.7 Å². The number of nitrogens with zero attached hydrogens (tertiary/aromatic N) is 1. The van der Waals surface area contributed by atoms with Gasteiger partial charge >= 0.3 is 0 Å². The van der Waals surface area contributed by atoms with Crippen molar-refractivity contribution in [2.24, 2.45) is 11.8 Å². The zero-order chi connectivity index (χ0) is 12.0. The summed E-state index contributed by atoms with van der Waals surface area (Å²) in [7, 11) is 1.65. The number of hydrogen-bond donors (Lipinski definition) is 2. The number of aromatic nitrogens is 1. The Hall–Kier alpha value is -1.13. The van der Waals surface area contributed by atoms with E-state index in [1.807, 2.05) is 12.1 Å². The van der Waals surface area contributed by atoms with Crippen LogP contribution in [0.2, 0.25) is 0 Å². The van der Waals surface area contributed by atoms with Crippen molar-refractivity contribution in [1.29, 1.82) is 0 Å². The Kier molecular flexibility index (Phi) is 5.22. The quantitative estimate of drug-likeness (QED) is 0.572. The molecule has 0 bridgehead atoms. The van der Waals surface area contributed by atoms with Gasteiger partial charge in [-0.2, -0.15) is 0 Å². The third kappa shape index (κ3) is 3.18. The van der Waals surface area contributed by atoms with Gasteiger partial charge in [0.05, 0.1) is 13.2 Å². The second-order valence-corrected chi connectivity index (χ2v) is 4.06. The second kappa shape index (κ2) is 6.45. The van der Waals surface area contributed by atoms with Gasteiger partial charge in [0.25, 0.3) is 0 Å². The molecule has 0 aliphatic heterocycles. The van der Waals surface area contributed by atoms with Crippen LogP contribution in [0.15, 0.2) is 18.3 Å². The summed E-state index contributed by atoms with van der Waals surface area (Å²) in [5.41, 5.74) is 3.70. The Morgan fingerprint density at radius 2 is 2.31 bits per heavy atom. The SMILES string of the molecule is CCC(C)CC(NN)c1ncccc1OC. The number of ether oxygens (including phenoxy) is 1. The molecule has 4 heteroatoms. The average Bonchev–Trinajstić information content (AvgIpc) is 2.35. The molecule has 0 aromatic carbocycles. The van der Waals surface area contributed by atoms with Crippen LogP contribution in [-0.2, 0) is 0 Å². The molecule has 0 fully saturated rings. The van der Waals surface area contributed by atoms with Crippen LogP contribution in [0.5, 0.6) is 5.75 Å². The normalized spacial score (nSPS) is 14.5. The van der Waals surface area contributed by atoms with E-state index >= 15 is 0 Å². The molecule has 1 aromatic heterocycles. The van der Waals surface area contributed by atoms with Crippen molar-refractivity contribution in [2.75, 3.05) is 7.11 Å². The first-order chi connectivity index (χ1) is 7.72. The fraction of sp³-hybridized carbons (Fsp3) is 0.583. The van der Waals surface area contributed by atoms with Gasteiger partial charge in [-0.05, 0) is 24.5 Å². The lowest BCUT2D eigenvalue weighted by molar-refractivity contribution is 0.366. The number of methoxy groups -OCH3 is 1. The van der Waals surface area contributed by atoms with Crippen molar-refractivity contribution >= 4 is 0 Å². The Morgan fingerprint density at radius 1 is 1.56 bits per heavy atom. The first-order valence-electron chi connectivity index (χ1n) is 5.67. The molecule has 2 atom stereocenters. The van der Waals surface area contributed by atoms with Gasteiger partial charge in [0, 0.05) is 6.20 Å². The van der Waals surface area contributed by atoms with Crippen LogP contribution < -0.4 is 16.0 Å². The topological polar surface area (TPSA) is 60.2 Å². The first kappa shape index (κ1) is 12.9. The van der Waals surface area contributed by atoms with Gasteiger partial charge in [0.2, 0.25) is 0 Å². The van der Waals surface area contributed by atoms with Crippen LogP contribution in [0.4, 0.5) is 0 Å². The molecule has 90 valence electrons. The predicted molar refractivity (Wildman–Crippen MR) is 64.9 cm³/mol. The standard InChI is InChI=1S/C12H21N3O/c1-4-9(2)8-10(15-13)12-11(16-3)6-5-7-14-12/h5-7,9-10,15H,4,8,13H2,1-3H3. The highest BCUT2D eigenvalue weighted by molar-refractivity contribution is 5.29. The summed E-state index contributed by atoms with van der Waals surface area (Å²) in [5.74, 6) is 6.98. The molecule has 0 aliphatic carbocycles. The van der Waals surface area contributed by atoms with Crippen LogP contribution in [0.25, 0.3) is 0 Å². The van der Waals surface area contributed by atoms with Crippen molar-refractivity contribution in [1.82, 2.24) is 10.4 Å². The fourth-order valence-corrected chi connectivity index (χ4v) is 1.66. The second-order valence-electron chi connectivity index (χ2n) is 4.06. The zero-order valence-electron chi connectivity index (χ0n) is 10.2. The number of rotatable bonds is 6. The summed E-state index contributed by atoms with van der Waals surface area (Å²) in [4.78, 5) is 4.34. The minimum atomic E-state index is 0.0473. The van der Waals surface area contributed by atoms with Gasteiger partial charge < -0.3 is 4.74 Å². The molecule has 3 N–H and O–H groups in total. The number of hydrazine groups is 1. The monoisotopic (exact) mass is 223 g/mol. The molecule has 1 heterocycles. The molecule has 16 heavy (non-hydrogen) atoms. The molecule has 0 saturated carbocycles. The molecule has 1 aromatic rings. The molecule has 4 nitrogen and oxygen atoms in total. The van der Waals surface area contributed by atoms with Gasteiger partial charge in [0.15, 0.2) is 0 Å². The highest BCUT2D eigenvalue weighted by Gasteiger charge is 2.18. The summed E-state index contributed by atoms with van der Waals surface area (Å²) >= 11 is 0. The Bertz CT molecular complexity index is 317. The van der Waals surface area contributed by atoms with E-state index in [-0.39, 0.29) is 6.04 Å². The van der Waals surface area contributed by atoms with Crippen LogP contribution in [0.1, 0.15) is 38.4 Å². The lowest BCUT2D eigenvalue weighted by Gasteiger charge is -2.20. The van der Waals surface area contributed by atoms with E-state index < -0.39 is 0 Å². The van der Waals surface area contributed by atoms with E-state index in [9.17, 15) is 0 Å². The Morgan fingerprint density at radius 3 is 2.88 bits per heavy atom. The summed E-state index contributed by atoms with van der Waals surface area (Å²) < 4.78 is 5.29. The number of nitrogens with one attached hydrogen (secondary N) is 1. The zero-order valence-corrected chi connectivity index (χ0v) is 10.2. The summed E-state index contributed by atoms with van der Waals surface area (Å²) in [6.07, 6.45) is 3.85. The van der Waals surface area contributed by atoms with Crippen molar-refractivity contribution in [3.8, 4) is 5.75 Å². The van der Waals surface area contributed by atoms with Gasteiger partial charge in [-0.25, -0.2) is 0 Å². The highest BCUT2D eigenvalue weighted by Crippen LogP contribution is 2.27. The van der Waals surface area contributed by atoms with E-state index in [0.717, 1.165) is 24.3 Å². The Balaban J connectivity index is 2.85. The molecular weight excluding hydrogens is 202 g/mol. The van der Waals surface area contributed by atoms with E-state index in [0.29, 0.717) is 5.92 Å². The maximum atomic E-state index is 5.59. The molecular formula is C12H21N3O. The lowest BCUT2D eigenvalue weighted by atomic mass is 9.97. The fourth-order valence-electron chi connectivity index (χ4n) is 1.66. The van der Waals surface area contributed by atoms with Gasteiger partial charge in [-0.1, -0.05) is 20.3 Å². The largest absolute Gasteiger partial charge is 0.495 e. The number of nitrogens with two attached hydrogens (primary N) is 1. The molecule has 0 saturated heterocycles. The maximum Gasteiger partial charge on any atom is 0.142 e. The maximum absolute atomic E-state index is 5.59. The van der Waals surface area contributed by atoms with Gasteiger partial charge in [-0.15, -0.1) is 0 Å². The molecule has 0 radical (unpaired) electrons. The van der Waals surface area contributed by atoms with E-state index in [1.165, 1.54) is 0 Å². The van der Waals surface area contributed by atoms with E-state index in [4.69, 9.17) is 10.6 Å². The minimum absolute atomic E-state index is 0.0473. The van der Waals surface area contributed by atoms with Gasteiger partial charge in [-0.3, -0.25) is 16.3 Å². The number of pyridine rings is 1. The molecule has 2 unspecified atom stereocenters. The first-order valence-corrected chi connectivity index (χ1v) is 5.67. The molecule has 1 rings (SSSR count). The van der Waals surface area contributed by atoms with Crippen LogP contribution in [0.3, 0.4) is 0 Å². The minimum Gasteiger partial charge on any atom is -0.495 e. The van der Waals surface area contributed by atoms with Crippen molar-refractivity contribution in [3.05, 3.63) is 24.0 Å². The van der Waals surface area contributed by atoms with Crippen LogP contribution >= 0.6 is 0 Å². The van der Waals surface area contributed by atoms with Crippen molar-refractivity contribution < 1.29 is 4.74 Å². The molecule has 0 aliphatic rings.